The molecule has 0 aliphatic heterocycles. The van der Waals surface area contributed by atoms with Crippen molar-refractivity contribution in [2.45, 2.75) is 11.0 Å². The molecule has 27 heavy (non-hydrogen) atoms. The molecule has 0 heterocycles. The molecule has 150 valence electrons. The van der Waals surface area contributed by atoms with Gasteiger partial charge in [-0.15, -0.1) is 0 Å². The highest BCUT2D eigenvalue weighted by molar-refractivity contribution is 8.15. The van der Waals surface area contributed by atoms with Crippen molar-refractivity contribution in [3.05, 3.63) is 56.3 Å². The summed E-state index contributed by atoms with van der Waals surface area (Å²) in [6.45, 7) is 0. The van der Waals surface area contributed by atoms with E-state index in [4.69, 9.17) is 0 Å². The molecule has 0 aromatic heterocycles. The first-order valence-electron chi connectivity index (χ1n) is 6.27. The summed E-state index contributed by atoms with van der Waals surface area (Å²) in [4.78, 5) is 9.68. The summed E-state index contributed by atoms with van der Waals surface area (Å²) in [5.74, 6) is 0. The lowest BCUT2D eigenvalue weighted by Gasteiger charge is -2.13. The van der Waals surface area contributed by atoms with E-state index in [0.29, 0.717) is 6.08 Å². The first-order valence-corrected chi connectivity index (χ1v) is 9.24. The molecule has 0 bridgehead atoms. The molecular weight excluding hydrogens is 432 g/mol. The van der Waals surface area contributed by atoms with Gasteiger partial charge in [0.1, 0.15) is 0 Å². The van der Waals surface area contributed by atoms with Crippen LogP contribution in [0.25, 0.3) is 6.08 Å². The zero-order chi connectivity index (χ0) is 21.3. The Labute approximate surface area is 147 Å². The monoisotopic (exact) mass is 439 g/mol. The summed E-state index contributed by atoms with van der Waals surface area (Å²) >= 11 is 0. The summed E-state index contributed by atoms with van der Waals surface area (Å²) in [5.41, 5.74) is -13.0. The SMILES string of the molecule is O=[N+]([O-])c1ccc(/C=C/C=C(S(=O)(=O)C(F)(F)F)S(=O)(=O)C(F)(F)F)cc1. The van der Waals surface area contributed by atoms with Gasteiger partial charge in [-0.25, -0.2) is 16.8 Å². The van der Waals surface area contributed by atoms with Crippen LogP contribution in [0.4, 0.5) is 32.0 Å². The number of hydrogen-bond donors (Lipinski definition) is 0. The summed E-state index contributed by atoms with van der Waals surface area (Å²) < 4.78 is 117. The molecule has 1 aromatic rings. The number of alkyl halides is 6. The lowest BCUT2D eigenvalue weighted by Crippen LogP contribution is -2.34. The molecule has 15 heteroatoms. The van der Waals surface area contributed by atoms with Crippen LogP contribution >= 0.6 is 0 Å². The molecule has 0 spiro atoms. The number of benzene rings is 1. The molecule has 0 saturated heterocycles. The highest BCUT2D eigenvalue weighted by Crippen LogP contribution is 2.38. The predicted octanol–water partition coefficient (Wildman–Crippen LogP) is 3.32. The number of sulfone groups is 2. The molecular formula is C12H7F6NO6S2. The number of halogens is 6. The van der Waals surface area contributed by atoms with Gasteiger partial charge in [-0.1, -0.05) is 12.2 Å². The van der Waals surface area contributed by atoms with Crippen molar-refractivity contribution in [1.82, 2.24) is 0 Å². The lowest BCUT2D eigenvalue weighted by atomic mass is 10.2. The molecule has 0 radical (unpaired) electrons. The zero-order valence-corrected chi connectivity index (χ0v) is 14.2. The van der Waals surface area contributed by atoms with Crippen LogP contribution in [0.2, 0.25) is 0 Å². The normalized spacial score (nSPS) is 13.6. The third-order valence-corrected chi connectivity index (χ3v) is 6.63. The van der Waals surface area contributed by atoms with Crippen LogP contribution in [0.5, 0.6) is 0 Å². The van der Waals surface area contributed by atoms with Crippen molar-refractivity contribution < 1.29 is 48.1 Å². The molecule has 0 aliphatic carbocycles. The van der Waals surface area contributed by atoms with Crippen LogP contribution in [-0.2, 0) is 19.7 Å². The summed E-state index contributed by atoms with van der Waals surface area (Å²) in [6.07, 6.45) is 0.706. The molecule has 0 atom stereocenters. The van der Waals surface area contributed by atoms with E-state index in [2.05, 4.69) is 0 Å². The van der Waals surface area contributed by atoms with Crippen molar-refractivity contribution >= 4 is 31.4 Å². The van der Waals surface area contributed by atoms with E-state index in [9.17, 15) is 53.3 Å². The van der Waals surface area contributed by atoms with Crippen LogP contribution < -0.4 is 0 Å². The Balaban J connectivity index is 3.47. The van der Waals surface area contributed by atoms with Gasteiger partial charge >= 0.3 is 11.0 Å². The fraction of sp³-hybridized carbons (Fsp3) is 0.167. The van der Waals surface area contributed by atoms with E-state index < -0.39 is 39.9 Å². The van der Waals surface area contributed by atoms with Gasteiger partial charge in [0.25, 0.3) is 25.4 Å². The summed E-state index contributed by atoms with van der Waals surface area (Å²) in [5, 5.41) is 10.5. The minimum Gasteiger partial charge on any atom is -0.258 e. The molecule has 1 aromatic carbocycles. The van der Waals surface area contributed by atoms with Crippen molar-refractivity contribution in [3.63, 3.8) is 0 Å². The van der Waals surface area contributed by atoms with E-state index in [1.165, 1.54) is 0 Å². The average molecular weight is 439 g/mol. The fourth-order valence-corrected chi connectivity index (χ4v) is 4.19. The van der Waals surface area contributed by atoms with Gasteiger partial charge in [-0.2, -0.15) is 26.3 Å². The smallest absolute Gasteiger partial charge is 0.258 e. The highest BCUT2D eigenvalue weighted by atomic mass is 32.3. The van der Waals surface area contributed by atoms with Gasteiger partial charge in [-0.3, -0.25) is 10.1 Å². The number of hydrogen-bond acceptors (Lipinski definition) is 6. The van der Waals surface area contributed by atoms with E-state index in [1.807, 2.05) is 0 Å². The third-order valence-electron chi connectivity index (χ3n) is 2.76. The van der Waals surface area contributed by atoms with Crippen molar-refractivity contribution in [2.24, 2.45) is 0 Å². The maximum atomic E-state index is 12.5. The second-order valence-corrected chi connectivity index (χ2v) is 8.67. The predicted molar refractivity (Wildman–Crippen MR) is 80.2 cm³/mol. The van der Waals surface area contributed by atoms with Gasteiger partial charge in [0, 0.05) is 12.1 Å². The average Bonchev–Trinajstić information content (AvgIpc) is 2.49. The van der Waals surface area contributed by atoms with Crippen LogP contribution in [0.3, 0.4) is 0 Å². The number of nitro benzene ring substituents is 1. The minimum absolute atomic E-state index is 0.00464. The molecule has 0 N–H and O–H groups in total. The van der Waals surface area contributed by atoms with Gasteiger partial charge in [0.2, 0.25) is 0 Å². The van der Waals surface area contributed by atoms with Crippen LogP contribution in [-0.4, -0.2) is 32.8 Å². The molecule has 0 aliphatic rings. The van der Waals surface area contributed by atoms with Crippen LogP contribution in [0, 0.1) is 10.1 Å². The second-order valence-electron chi connectivity index (χ2n) is 4.59. The van der Waals surface area contributed by atoms with E-state index in [0.717, 1.165) is 30.3 Å². The molecule has 0 fully saturated rings. The Hall–Kier alpha value is -2.42. The van der Waals surface area contributed by atoms with Gasteiger partial charge in [0.15, 0.2) is 4.24 Å². The Bertz CT molecular complexity index is 942. The number of nitrogens with zero attached hydrogens (tertiary/aromatic N) is 1. The maximum absolute atomic E-state index is 12.5. The molecule has 7 nitrogen and oxygen atoms in total. The summed E-state index contributed by atoms with van der Waals surface area (Å²) in [7, 11) is -13.7. The van der Waals surface area contributed by atoms with Crippen molar-refractivity contribution in [3.8, 4) is 0 Å². The third kappa shape index (κ3) is 4.85. The van der Waals surface area contributed by atoms with Gasteiger partial charge in [0.05, 0.1) is 4.92 Å². The quantitative estimate of drug-likeness (QED) is 0.301. The van der Waals surface area contributed by atoms with Crippen molar-refractivity contribution in [1.29, 1.82) is 0 Å². The summed E-state index contributed by atoms with van der Waals surface area (Å²) in [6, 6.07) is 3.98. The largest absolute Gasteiger partial charge is 0.502 e. The topological polar surface area (TPSA) is 111 Å². The number of rotatable bonds is 5. The molecule has 0 saturated carbocycles. The number of non-ortho nitro benzene ring substituents is 1. The molecule has 0 unspecified atom stereocenters. The van der Waals surface area contributed by atoms with Gasteiger partial charge in [-0.05, 0) is 23.8 Å². The fourth-order valence-electron chi connectivity index (χ4n) is 1.50. The standard InChI is InChI=1S/C12H7F6NO6S2/c13-11(14,15)26(22,23)10(27(24,25)12(16,17)18)3-1-2-8-4-6-9(7-5-8)19(20)21/h1-7H/b2-1+. The van der Waals surface area contributed by atoms with E-state index in [1.54, 1.807) is 0 Å². The first-order chi connectivity index (χ1) is 12.0. The zero-order valence-electron chi connectivity index (χ0n) is 12.5. The van der Waals surface area contributed by atoms with Crippen LogP contribution in [0.1, 0.15) is 5.56 Å². The highest BCUT2D eigenvalue weighted by Gasteiger charge is 2.59. The van der Waals surface area contributed by atoms with Gasteiger partial charge < -0.3 is 0 Å². The Morgan fingerprint density at radius 2 is 1.30 bits per heavy atom. The Morgan fingerprint density at radius 1 is 0.889 bits per heavy atom. The van der Waals surface area contributed by atoms with Crippen molar-refractivity contribution in [2.75, 3.05) is 0 Å². The second kappa shape index (κ2) is 7.30. The van der Waals surface area contributed by atoms with E-state index >= 15 is 0 Å². The Kier molecular flexibility index (Phi) is 6.12. The molecule has 0 amide bonds. The Morgan fingerprint density at radius 3 is 1.63 bits per heavy atom. The first kappa shape index (κ1) is 22.6. The van der Waals surface area contributed by atoms with Crippen LogP contribution in [0.15, 0.2) is 40.7 Å². The number of allylic oxidation sites excluding steroid dienone is 2. The van der Waals surface area contributed by atoms with E-state index in [-0.39, 0.29) is 17.3 Å². The lowest BCUT2D eigenvalue weighted by molar-refractivity contribution is -0.384. The molecule has 1 rings (SSSR count). The number of nitro groups is 1. The maximum Gasteiger partial charge on any atom is 0.502 e. The minimum atomic E-state index is -6.84.